The molecule has 0 aliphatic rings. The summed E-state index contributed by atoms with van der Waals surface area (Å²) < 4.78 is 12.7. The van der Waals surface area contributed by atoms with Gasteiger partial charge < -0.3 is 4.98 Å². The minimum Gasteiger partial charge on any atom is -0.359 e. The van der Waals surface area contributed by atoms with E-state index in [0.717, 1.165) is 5.56 Å². The van der Waals surface area contributed by atoms with Crippen LogP contribution in [-0.2, 0) is 6.54 Å². The highest BCUT2D eigenvalue weighted by atomic mass is 19.1. The number of ketones is 1. The molecule has 1 heterocycles. The average molecular weight is 246 g/mol. The van der Waals surface area contributed by atoms with Crippen LogP contribution in [0.5, 0.6) is 0 Å². The Morgan fingerprint density at radius 1 is 1.28 bits per heavy atom. The SMILES string of the molecule is CN(CC(=O)c1ccc[nH]1)Cc1ccc(F)cc1. The Bertz CT molecular complexity index is 505. The van der Waals surface area contributed by atoms with Crippen molar-refractivity contribution in [3.8, 4) is 0 Å². The van der Waals surface area contributed by atoms with E-state index >= 15 is 0 Å². The Kier molecular flexibility index (Phi) is 3.89. The van der Waals surface area contributed by atoms with Crippen LogP contribution in [0.1, 0.15) is 16.1 Å². The number of rotatable bonds is 5. The fourth-order valence-corrected chi connectivity index (χ4v) is 1.79. The second-order valence-electron chi connectivity index (χ2n) is 4.31. The largest absolute Gasteiger partial charge is 0.359 e. The van der Waals surface area contributed by atoms with Gasteiger partial charge in [0.15, 0.2) is 5.78 Å². The summed E-state index contributed by atoms with van der Waals surface area (Å²) in [4.78, 5) is 16.6. The molecule has 0 spiro atoms. The van der Waals surface area contributed by atoms with E-state index in [1.165, 1.54) is 12.1 Å². The number of aromatic nitrogens is 1. The molecule has 18 heavy (non-hydrogen) atoms. The highest BCUT2D eigenvalue weighted by molar-refractivity contribution is 5.95. The number of aromatic amines is 1. The monoisotopic (exact) mass is 246 g/mol. The van der Waals surface area contributed by atoms with Gasteiger partial charge >= 0.3 is 0 Å². The zero-order valence-electron chi connectivity index (χ0n) is 10.2. The topological polar surface area (TPSA) is 36.1 Å². The van der Waals surface area contributed by atoms with Gasteiger partial charge in [-0.15, -0.1) is 0 Å². The van der Waals surface area contributed by atoms with Crippen molar-refractivity contribution in [3.05, 3.63) is 59.7 Å². The lowest BCUT2D eigenvalue weighted by atomic mass is 10.2. The molecule has 0 bridgehead atoms. The number of Topliss-reactive ketones (excluding diaryl/α,β-unsaturated/α-hetero) is 1. The number of carbonyl (C=O) groups is 1. The van der Waals surface area contributed by atoms with E-state index in [4.69, 9.17) is 0 Å². The molecule has 2 rings (SSSR count). The second-order valence-corrected chi connectivity index (χ2v) is 4.31. The molecule has 2 aromatic rings. The first-order valence-corrected chi connectivity index (χ1v) is 5.75. The molecule has 0 amide bonds. The van der Waals surface area contributed by atoms with Crippen LogP contribution < -0.4 is 0 Å². The summed E-state index contributed by atoms with van der Waals surface area (Å²) in [7, 11) is 1.87. The van der Waals surface area contributed by atoms with Crippen LogP contribution in [0, 0.1) is 5.82 Å². The molecule has 1 aromatic heterocycles. The molecule has 1 aromatic carbocycles. The fraction of sp³-hybridized carbons (Fsp3) is 0.214. The van der Waals surface area contributed by atoms with Crippen molar-refractivity contribution < 1.29 is 9.18 Å². The van der Waals surface area contributed by atoms with Crippen molar-refractivity contribution in [2.75, 3.05) is 13.6 Å². The smallest absolute Gasteiger partial charge is 0.192 e. The quantitative estimate of drug-likeness (QED) is 0.823. The Morgan fingerprint density at radius 2 is 2.00 bits per heavy atom. The van der Waals surface area contributed by atoms with Crippen LogP contribution in [0.2, 0.25) is 0 Å². The zero-order chi connectivity index (χ0) is 13.0. The molecule has 0 saturated heterocycles. The van der Waals surface area contributed by atoms with E-state index in [1.54, 1.807) is 30.5 Å². The summed E-state index contributed by atoms with van der Waals surface area (Å²) >= 11 is 0. The number of hydrogen-bond acceptors (Lipinski definition) is 2. The van der Waals surface area contributed by atoms with E-state index in [-0.39, 0.29) is 11.6 Å². The van der Waals surface area contributed by atoms with Crippen molar-refractivity contribution in [1.82, 2.24) is 9.88 Å². The minimum atomic E-state index is -0.246. The highest BCUT2D eigenvalue weighted by Gasteiger charge is 2.10. The maximum absolute atomic E-state index is 12.7. The normalized spacial score (nSPS) is 10.8. The van der Waals surface area contributed by atoms with Gasteiger partial charge in [0.05, 0.1) is 12.2 Å². The van der Waals surface area contributed by atoms with Gasteiger partial charge in [0.1, 0.15) is 5.82 Å². The molecule has 0 saturated carbocycles. The van der Waals surface area contributed by atoms with Crippen LogP contribution in [0.15, 0.2) is 42.6 Å². The number of benzene rings is 1. The van der Waals surface area contributed by atoms with Gasteiger partial charge in [-0.25, -0.2) is 4.39 Å². The van der Waals surface area contributed by atoms with Crippen LogP contribution in [-0.4, -0.2) is 29.3 Å². The molecule has 0 fully saturated rings. The number of likely N-dealkylation sites (N-methyl/N-ethyl adjacent to an activating group) is 1. The lowest BCUT2D eigenvalue weighted by Gasteiger charge is -2.15. The molecular weight excluding hydrogens is 231 g/mol. The molecule has 0 aliphatic carbocycles. The van der Waals surface area contributed by atoms with Gasteiger partial charge in [-0.1, -0.05) is 12.1 Å². The van der Waals surface area contributed by atoms with Crippen molar-refractivity contribution in [1.29, 1.82) is 0 Å². The van der Waals surface area contributed by atoms with Crippen molar-refractivity contribution in [2.45, 2.75) is 6.54 Å². The zero-order valence-corrected chi connectivity index (χ0v) is 10.2. The third-order valence-electron chi connectivity index (χ3n) is 2.68. The first kappa shape index (κ1) is 12.5. The summed E-state index contributed by atoms with van der Waals surface area (Å²) in [5.41, 5.74) is 1.60. The highest BCUT2D eigenvalue weighted by Crippen LogP contribution is 2.06. The number of halogens is 1. The Morgan fingerprint density at radius 3 is 2.61 bits per heavy atom. The number of nitrogens with zero attached hydrogens (tertiary/aromatic N) is 1. The standard InChI is InChI=1S/C14H15FN2O/c1-17(9-11-4-6-12(15)7-5-11)10-14(18)13-3-2-8-16-13/h2-8,16H,9-10H2,1H3. The molecule has 1 N–H and O–H groups in total. The third kappa shape index (κ3) is 3.28. The lowest BCUT2D eigenvalue weighted by Crippen LogP contribution is -2.25. The second kappa shape index (κ2) is 5.60. The van der Waals surface area contributed by atoms with Gasteiger partial charge in [0.25, 0.3) is 0 Å². The summed E-state index contributed by atoms with van der Waals surface area (Å²) in [5.74, 6) is -0.200. The summed E-state index contributed by atoms with van der Waals surface area (Å²) in [6.45, 7) is 0.949. The van der Waals surface area contributed by atoms with Gasteiger partial charge in [-0.2, -0.15) is 0 Å². The predicted molar refractivity (Wildman–Crippen MR) is 67.9 cm³/mol. The molecular formula is C14H15FN2O. The molecule has 0 aliphatic heterocycles. The van der Waals surface area contributed by atoms with Gasteiger partial charge in [0.2, 0.25) is 0 Å². The average Bonchev–Trinajstić information content (AvgIpc) is 2.85. The Balaban J connectivity index is 1.90. The molecule has 4 heteroatoms. The van der Waals surface area contributed by atoms with E-state index in [1.807, 2.05) is 11.9 Å². The lowest BCUT2D eigenvalue weighted by molar-refractivity contribution is 0.0938. The summed E-state index contributed by atoms with van der Waals surface area (Å²) in [5, 5.41) is 0. The molecule has 3 nitrogen and oxygen atoms in total. The minimum absolute atomic E-state index is 0.0459. The van der Waals surface area contributed by atoms with Gasteiger partial charge in [-0.3, -0.25) is 9.69 Å². The number of hydrogen-bond donors (Lipinski definition) is 1. The summed E-state index contributed by atoms with van der Waals surface area (Å²) in [6, 6.07) is 9.86. The van der Waals surface area contributed by atoms with Gasteiger partial charge in [0, 0.05) is 12.7 Å². The van der Waals surface area contributed by atoms with Crippen LogP contribution in [0.3, 0.4) is 0 Å². The van der Waals surface area contributed by atoms with Crippen molar-refractivity contribution >= 4 is 5.78 Å². The number of H-pyrrole nitrogens is 1. The van der Waals surface area contributed by atoms with E-state index in [0.29, 0.717) is 18.8 Å². The predicted octanol–water partition coefficient (Wildman–Crippen LogP) is 2.47. The Labute approximate surface area is 105 Å². The molecule has 0 atom stereocenters. The molecule has 0 unspecified atom stereocenters. The van der Waals surface area contributed by atoms with Crippen LogP contribution in [0.4, 0.5) is 4.39 Å². The van der Waals surface area contributed by atoms with E-state index < -0.39 is 0 Å². The third-order valence-corrected chi connectivity index (χ3v) is 2.68. The Hall–Kier alpha value is -1.94. The van der Waals surface area contributed by atoms with E-state index in [2.05, 4.69) is 4.98 Å². The van der Waals surface area contributed by atoms with Crippen LogP contribution >= 0.6 is 0 Å². The summed E-state index contributed by atoms with van der Waals surface area (Å²) in [6.07, 6.45) is 1.73. The van der Waals surface area contributed by atoms with Crippen LogP contribution in [0.25, 0.3) is 0 Å². The first-order chi connectivity index (χ1) is 8.65. The molecule has 94 valence electrons. The first-order valence-electron chi connectivity index (χ1n) is 5.75. The maximum atomic E-state index is 12.7. The van der Waals surface area contributed by atoms with Crippen molar-refractivity contribution in [3.63, 3.8) is 0 Å². The molecule has 0 radical (unpaired) electrons. The number of nitrogens with one attached hydrogen (secondary N) is 1. The van der Waals surface area contributed by atoms with Crippen molar-refractivity contribution in [2.24, 2.45) is 0 Å². The fourth-order valence-electron chi connectivity index (χ4n) is 1.79. The van der Waals surface area contributed by atoms with Gasteiger partial charge in [-0.05, 0) is 36.9 Å². The van der Waals surface area contributed by atoms with E-state index in [9.17, 15) is 9.18 Å². The maximum Gasteiger partial charge on any atom is 0.192 e. The number of carbonyl (C=O) groups excluding carboxylic acids is 1.